The summed E-state index contributed by atoms with van der Waals surface area (Å²) in [4.78, 5) is 3.48. The van der Waals surface area contributed by atoms with Gasteiger partial charge >= 0.3 is 0 Å². The predicted octanol–water partition coefficient (Wildman–Crippen LogP) is -2.23. The maximum atomic E-state index is 4.15. The van der Waals surface area contributed by atoms with E-state index in [-0.39, 0.29) is 0 Å². The molecule has 1 heterocycles. The molecule has 0 aromatic heterocycles. The molecule has 1 aromatic carbocycles. The van der Waals surface area contributed by atoms with Crippen LogP contribution >= 0.6 is 0 Å². The zero-order chi connectivity index (χ0) is 12.1. The van der Waals surface area contributed by atoms with Crippen LogP contribution in [0.4, 0.5) is 0 Å². The second-order valence-corrected chi connectivity index (χ2v) is 5.01. The van der Waals surface area contributed by atoms with Gasteiger partial charge in [-0.3, -0.25) is 0 Å². The van der Waals surface area contributed by atoms with Crippen LogP contribution in [0.1, 0.15) is 18.5 Å². The number of likely N-dealkylation sites (N-methyl/N-ethyl adjacent to an activating group) is 1. The fraction of sp³-hybridized carbons (Fsp3) is 0.571. The summed E-state index contributed by atoms with van der Waals surface area (Å²) in [6.07, 6.45) is 0. The molecule has 0 saturated carbocycles. The Bertz CT molecular complexity index is 317. The first-order valence-electron chi connectivity index (χ1n) is 6.87. The number of piperazine rings is 1. The van der Waals surface area contributed by atoms with Crippen molar-refractivity contribution in [1.29, 1.82) is 0 Å². The average Bonchev–Trinajstić information content (AvgIpc) is 2.42. The molecule has 1 fully saturated rings. The Balaban J connectivity index is 2.00. The largest absolute Gasteiger partial charge is 0.352 e. The monoisotopic (exact) mass is 236 g/mol. The van der Waals surface area contributed by atoms with Gasteiger partial charge in [0.15, 0.2) is 6.04 Å². The van der Waals surface area contributed by atoms with Gasteiger partial charge in [-0.1, -0.05) is 30.3 Å². The van der Waals surface area contributed by atoms with Gasteiger partial charge in [0, 0.05) is 5.56 Å². The van der Waals surface area contributed by atoms with Crippen LogP contribution in [0.5, 0.6) is 0 Å². The van der Waals surface area contributed by atoms with Gasteiger partial charge in [-0.2, -0.15) is 0 Å². The van der Waals surface area contributed by atoms with E-state index in [2.05, 4.69) is 43.0 Å². The molecular formula is C14H26N3+3. The van der Waals surface area contributed by atoms with Crippen LogP contribution in [0.3, 0.4) is 0 Å². The highest BCUT2D eigenvalue weighted by molar-refractivity contribution is 5.17. The minimum absolute atomic E-state index is 0.592. The molecular weight excluding hydrogens is 210 g/mol. The van der Waals surface area contributed by atoms with Gasteiger partial charge in [0.25, 0.3) is 0 Å². The van der Waals surface area contributed by atoms with E-state index < -0.39 is 0 Å². The Hall–Kier alpha value is -0.900. The third-order valence-corrected chi connectivity index (χ3v) is 4.08. The molecule has 1 aliphatic heterocycles. The topological polar surface area (TPSA) is 36.5 Å². The zero-order valence-corrected chi connectivity index (χ0v) is 10.9. The highest BCUT2D eigenvalue weighted by atomic mass is 15.3. The lowest BCUT2D eigenvalue weighted by Gasteiger charge is -2.33. The minimum Gasteiger partial charge on any atom is -0.352 e. The normalized spacial score (nSPS) is 26.7. The number of hydrogen-bond donors (Lipinski definition) is 3. The molecule has 0 amide bonds. The van der Waals surface area contributed by atoms with E-state index in [0.717, 1.165) is 6.54 Å². The SMILES string of the molecule is CC[NH+]1CC[NH+]([C@@H](C[NH3+])c2ccccc2)CC1. The third-order valence-electron chi connectivity index (χ3n) is 4.08. The molecule has 3 nitrogen and oxygen atoms in total. The molecule has 3 heteroatoms. The zero-order valence-electron chi connectivity index (χ0n) is 10.9. The molecule has 0 bridgehead atoms. The van der Waals surface area contributed by atoms with Gasteiger partial charge in [-0.25, -0.2) is 0 Å². The molecule has 0 spiro atoms. The van der Waals surface area contributed by atoms with Crippen molar-refractivity contribution in [3.05, 3.63) is 35.9 Å². The van der Waals surface area contributed by atoms with Crippen molar-refractivity contribution < 1.29 is 15.5 Å². The van der Waals surface area contributed by atoms with E-state index in [9.17, 15) is 0 Å². The Morgan fingerprint density at radius 3 is 2.29 bits per heavy atom. The summed E-state index contributed by atoms with van der Waals surface area (Å²) < 4.78 is 0. The van der Waals surface area contributed by atoms with Crippen LogP contribution in [-0.4, -0.2) is 39.3 Å². The molecule has 1 aliphatic rings. The lowest BCUT2D eigenvalue weighted by atomic mass is 10.0. The van der Waals surface area contributed by atoms with Gasteiger partial charge in [-0.05, 0) is 6.92 Å². The van der Waals surface area contributed by atoms with Gasteiger partial charge in [0.1, 0.15) is 32.7 Å². The molecule has 1 saturated heterocycles. The molecule has 1 aromatic rings. The van der Waals surface area contributed by atoms with E-state index in [1.807, 2.05) is 0 Å². The molecule has 94 valence electrons. The van der Waals surface area contributed by atoms with Crippen molar-refractivity contribution in [2.75, 3.05) is 39.3 Å². The standard InChI is InChI=1S/C14H23N3/c1-2-16-8-10-17(11-9-16)14(12-15)13-6-4-3-5-7-13/h3-7,14H,2,8-12,15H2,1H3/p+3/t14-/m0/s1. The number of hydrogen-bond acceptors (Lipinski definition) is 0. The van der Waals surface area contributed by atoms with E-state index in [4.69, 9.17) is 0 Å². The fourth-order valence-electron chi connectivity index (χ4n) is 2.92. The highest BCUT2D eigenvalue weighted by Crippen LogP contribution is 2.06. The van der Waals surface area contributed by atoms with Gasteiger partial charge < -0.3 is 15.5 Å². The summed E-state index contributed by atoms with van der Waals surface area (Å²) >= 11 is 0. The van der Waals surface area contributed by atoms with Crippen molar-refractivity contribution in [2.45, 2.75) is 13.0 Å². The van der Waals surface area contributed by atoms with Gasteiger partial charge in [-0.15, -0.1) is 0 Å². The number of benzene rings is 1. The summed E-state index contributed by atoms with van der Waals surface area (Å²) in [5.74, 6) is 0. The molecule has 0 aliphatic carbocycles. The molecule has 5 N–H and O–H groups in total. The summed E-state index contributed by atoms with van der Waals surface area (Å²) in [5.41, 5.74) is 5.61. The minimum atomic E-state index is 0.592. The number of rotatable bonds is 4. The second kappa shape index (κ2) is 6.15. The van der Waals surface area contributed by atoms with Crippen LogP contribution < -0.4 is 15.5 Å². The van der Waals surface area contributed by atoms with E-state index in [0.29, 0.717) is 6.04 Å². The van der Waals surface area contributed by atoms with Gasteiger partial charge in [0.2, 0.25) is 0 Å². The number of nitrogens with one attached hydrogen (secondary N) is 2. The first-order chi connectivity index (χ1) is 8.35. The van der Waals surface area contributed by atoms with Gasteiger partial charge in [0.05, 0.1) is 6.54 Å². The highest BCUT2D eigenvalue weighted by Gasteiger charge is 2.29. The van der Waals surface area contributed by atoms with Crippen LogP contribution in [0.15, 0.2) is 30.3 Å². The quantitative estimate of drug-likeness (QED) is 0.529. The van der Waals surface area contributed by atoms with Crippen LogP contribution in [0, 0.1) is 0 Å². The van der Waals surface area contributed by atoms with Crippen molar-refractivity contribution in [3.63, 3.8) is 0 Å². The molecule has 17 heavy (non-hydrogen) atoms. The van der Waals surface area contributed by atoms with E-state index in [1.165, 1.54) is 38.3 Å². The first kappa shape index (κ1) is 12.6. The van der Waals surface area contributed by atoms with Crippen molar-refractivity contribution in [3.8, 4) is 0 Å². The summed E-state index contributed by atoms with van der Waals surface area (Å²) in [6, 6.07) is 11.5. The summed E-state index contributed by atoms with van der Waals surface area (Å²) in [6.45, 7) is 9.77. The van der Waals surface area contributed by atoms with Crippen molar-refractivity contribution in [1.82, 2.24) is 0 Å². The number of quaternary nitrogens is 3. The summed E-state index contributed by atoms with van der Waals surface area (Å²) in [7, 11) is 0. The van der Waals surface area contributed by atoms with Crippen LogP contribution in [0.25, 0.3) is 0 Å². The first-order valence-corrected chi connectivity index (χ1v) is 6.87. The van der Waals surface area contributed by atoms with E-state index >= 15 is 0 Å². The molecule has 2 rings (SSSR count). The van der Waals surface area contributed by atoms with Crippen LogP contribution in [0.2, 0.25) is 0 Å². The average molecular weight is 236 g/mol. The van der Waals surface area contributed by atoms with Crippen molar-refractivity contribution in [2.24, 2.45) is 0 Å². The maximum absolute atomic E-state index is 4.15. The second-order valence-electron chi connectivity index (χ2n) is 5.01. The lowest BCUT2D eigenvalue weighted by molar-refractivity contribution is -1.03. The molecule has 0 unspecified atom stereocenters. The Labute approximate surface area is 104 Å². The van der Waals surface area contributed by atoms with Crippen LogP contribution in [-0.2, 0) is 0 Å². The summed E-state index contributed by atoms with van der Waals surface area (Å²) in [5, 5.41) is 0. The Kier molecular flexibility index (Phi) is 4.54. The molecule has 1 atom stereocenters. The third kappa shape index (κ3) is 3.06. The van der Waals surface area contributed by atoms with Crippen molar-refractivity contribution >= 4 is 0 Å². The maximum Gasteiger partial charge on any atom is 0.163 e. The Morgan fingerprint density at radius 2 is 1.76 bits per heavy atom. The van der Waals surface area contributed by atoms with E-state index in [1.54, 1.807) is 9.80 Å². The predicted molar refractivity (Wildman–Crippen MR) is 68.9 cm³/mol. The molecule has 0 radical (unpaired) electrons. The Morgan fingerprint density at radius 1 is 1.12 bits per heavy atom. The lowest BCUT2D eigenvalue weighted by Crippen LogP contribution is -3.28. The smallest absolute Gasteiger partial charge is 0.163 e. The fourth-order valence-corrected chi connectivity index (χ4v) is 2.92.